The van der Waals surface area contributed by atoms with Crippen molar-refractivity contribution in [1.82, 2.24) is 4.90 Å². The van der Waals surface area contributed by atoms with E-state index in [1.54, 1.807) is 4.90 Å². The van der Waals surface area contributed by atoms with Crippen molar-refractivity contribution in [2.45, 2.75) is 45.6 Å². The molecule has 1 amide bonds. The van der Waals surface area contributed by atoms with Crippen LogP contribution >= 0.6 is 0 Å². The number of piperidine rings is 1. The fourth-order valence-electron chi connectivity index (χ4n) is 2.54. The molecule has 1 saturated carbocycles. The van der Waals surface area contributed by atoms with Gasteiger partial charge in [0.15, 0.2) is 0 Å². The Labute approximate surface area is 95.6 Å². The molecule has 1 aliphatic heterocycles. The van der Waals surface area contributed by atoms with Gasteiger partial charge in [-0.2, -0.15) is 0 Å². The van der Waals surface area contributed by atoms with E-state index in [9.17, 15) is 9.59 Å². The second kappa shape index (κ2) is 3.75. The second-order valence-electron chi connectivity index (χ2n) is 5.63. The molecule has 1 heterocycles. The molecule has 16 heavy (non-hydrogen) atoms. The molecule has 4 heteroatoms. The zero-order valence-corrected chi connectivity index (χ0v) is 9.90. The predicted octanol–water partition coefficient (Wildman–Crippen LogP) is 1.50. The van der Waals surface area contributed by atoms with Gasteiger partial charge in [0.1, 0.15) is 6.04 Å². The van der Waals surface area contributed by atoms with Gasteiger partial charge in [0, 0.05) is 12.5 Å². The maximum atomic E-state index is 12.2. The van der Waals surface area contributed by atoms with Crippen molar-refractivity contribution in [3.8, 4) is 0 Å². The minimum atomic E-state index is -0.855. The summed E-state index contributed by atoms with van der Waals surface area (Å²) in [5, 5.41) is 9.10. The summed E-state index contributed by atoms with van der Waals surface area (Å²) in [7, 11) is 0. The van der Waals surface area contributed by atoms with Crippen molar-refractivity contribution in [3.05, 3.63) is 0 Å². The highest BCUT2D eigenvalue weighted by Crippen LogP contribution is 2.52. The van der Waals surface area contributed by atoms with Crippen molar-refractivity contribution in [1.29, 1.82) is 0 Å². The summed E-state index contributed by atoms with van der Waals surface area (Å²) in [6.45, 7) is 4.74. The first-order chi connectivity index (χ1) is 7.43. The number of carbonyl (C=O) groups excluding carboxylic acids is 1. The highest BCUT2D eigenvalue weighted by Gasteiger charge is 2.53. The first kappa shape index (κ1) is 11.4. The lowest BCUT2D eigenvalue weighted by Gasteiger charge is -2.33. The molecule has 1 N–H and O–H groups in total. The van der Waals surface area contributed by atoms with Crippen molar-refractivity contribution in [2.75, 3.05) is 6.54 Å². The molecule has 0 spiro atoms. The molecule has 2 aliphatic rings. The summed E-state index contributed by atoms with van der Waals surface area (Å²) < 4.78 is 0. The summed E-state index contributed by atoms with van der Waals surface area (Å²) in [4.78, 5) is 24.8. The molecule has 2 atom stereocenters. The average Bonchev–Trinajstić information content (AvgIpc) is 2.86. The number of amides is 1. The van der Waals surface area contributed by atoms with E-state index in [2.05, 4.69) is 13.8 Å². The summed E-state index contributed by atoms with van der Waals surface area (Å²) in [5.41, 5.74) is 0.0809. The molecule has 0 unspecified atom stereocenters. The molecule has 0 aromatic carbocycles. The molecule has 0 radical (unpaired) electrons. The van der Waals surface area contributed by atoms with Gasteiger partial charge in [0.2, 0.25) is 5.91 Å². The van der Waals surface area contributed by atoms with E-state index in [0.717, 1.165) is 19.3 Å². The monoisotopic (exact) mass is 225 g/mol. The quantitative estimate of drug-likeness (QED) is 0.774. The van der Waals surface area contributed by atoms with Crippen molar-refractivity contribution < 1.29 is 14.7 Å². The van der Waals surface area contributed by atoms with E-state index in [4.69, 9.17) is 5.11 Å². The second-order valence-corrected chi connectivity index (χ2v) is 5.63. The SMILES string of the molecule is CC1(C)C[C@@H]1C(=O)N1CCCC[C@@H]1C(=O)O. The third kappa shape index (κ3) is 1.93. The van der Waals surface area contributed by atoms with Crippen LogP contribution < -0.4 is 0 Å². The van der Waals surface area contributed by atoms with Gasteiger partial charge in [-0.1, -0.05) is 13.8 Å². The van der Waals surface area contributed by atoms with Crippen LogP contribution in [0.1, 0.15) is 39.5 Å². The highest BCUT2D eigenvalue weighted by atomic mass is 16.4. The number of aliphatic carboxylic acids is 1. The molecular weight excluding hydrogens is 206 g/mol. The molecule has 0 bridgehead atoms. The minimum Gasteiger partial charge on any atom is -0.480 e. The number of rotatable bonds is 2. The third-order valence-electron chi connectivity index (χ3n) is 3.88. The lowest BCUT2D eigenvalue weighted by molar-refractivity contribution is -0.153. The average molecular weight is 225 g/mol. The molecule has 2 fully saturated rings. The maximum absolute atomic E-state index is 12.2. The fourth-order valence-corrected chi connectivity index (χ4v) is 2.54. The molecule has 4 nitrogen and oxygen atoms in total. The Kier molecular flexibility index (Phi) is 2.68. The Hall–Kier alpha value is -1.06. The molecule has 0 aromatic heterocycles. The Balaban J connectivity index is 2.06. The van der Waals surface area contributed by atoms with Crippen LogP contribution in [0.4, 0.5) is 0 Å². The Morgan fingerprint density at radius 1 is 1.31 bits per heavy atom. The number of hydrogen-bond acceptors (Lipinski definition) is 2. The van der Waals surface area contributed by atoms with Gasteiger partial charge in [0.05, 0.1) is 0 Å². The smallest absolute Gasteiger partial charge is 0.326 e. The van der Waals surface area contributed by atoms with Crippen molar-refractivity contribution in [2.24, 2.45) is 11.3 Å². The maximum Gasteiger partial charge on any atom is 0.326 e. The third-order valence-corrected chi connectivity index (χ3v) is 3.88. The largest absolute Gasteiger partial charge is 0.480 e. The van der Waals surface area contributed by atoms with E-state index in [1.807, 2.05) is 0 Å². The van der Waals surface area contributed by atoms with Gasteiger partial charge in [-0.15, -0.1) is 0 Å². The van der Waals surface area contributed by atoms with Crippen molar-refractivity contribution in [3.63, 3.8) is 0 Å². The molecule has 1 aliphatic carbocycles. The number of likely N-dealkylation sites (tertiary alicyclic amines) is 1. The Bertz CT molecular complexity index is 324. The van der Waals surface area contributed by atoms with E-state index in [1.165, 1.54) is 0 Å². The van der Waals surface area contributed by atoms with Crippen LogP contribution in [-0.2, 0) is 9.59 Å². The van der Waals surface area contributed by atoms with Crippen LogP contribution in [0.2, 0.25) is 0 Å². The summed E-state index contributed by atoms with van der Waals surface area (Å²) in [6, 6.07) is -0.586. The lowest BCUT2D eigenvalue weighted by Crippen LogP contribution is -2.49. The number of carboxylic acids is 1. The summed E-state index contributed by atoms with van der Waals surface area (Å²) in [5.74, 6) is -0.754. The van der Waals surface area contributed by atoms with Gasteiger partial charge in [0.25, 0.3) is 0 Å². The fraction of sp³-hybridized carbons (Fsp3) is 0.833. The van der Waals surface area contributed by atoms with Crippen LogP contribution in [0.25, 0.3) is 0 Å². The zero-order valence-electron chi connectivity index (χ0n) is 9.90. The van der Waals surface area contributed by atoms with Gasteiger partial charge >= 0.3 is 5.97 Å². The summed E-state index contributed by atoms with van der Waals surface area (Å²) in [6.07, 6.45) is 3.35. The molecule has 90 valence electrons. The minimum absolute atomic E-state index is 0.0486. The highest BCUT2D eigenvalue weighted by molar-refractivity contribution is 5.87. The van der Waals surface area contributed by atoms with Crippen LogP contribution in [0.15, 0.2) is 0 Å². The zero-order chi connectivity index (χ0) is 11.9. The first-order valence-corrected chi connectivity index (χ1v) is 5.97. The topological polar surface area (TPSA) is 57.6 Å². The summed E-state index contributed by atoms with van der Waals surface area (Å²) >= 11 is 0. The molecular formula is C12H19NO3. The van der Waals surface area contributed by atoms with E-state index < -0.39 is 12.0 Å². The first-order valence-electron chi connectivity index (χ1n) is 5.97. The predicted molar refractivity (Wildman–Crippen MR) is 58.9 cm³/mol. The van der Waals surface area contributed by atoms with Gasteiger partial charge in [-0.05, 0) is 31.1 Å². The number of carbonyl (C=O) groups is 2. The van der Waals surface area contributed by atoms with Gasteiger partial charge in [-0.3, -0.25) is 4.79 Å². The van der Waals surface area contributed by atoms with E-state index in [0.29, 0.717) is 13.0 Å². The van der Waals surface area contributed by atoms with Crippen molar-refractivity contribution >= 4 is 11.9 Å². The van der Waals surface area contributed by atoms with Crippen LogP contribution in [0.5, 0.6) is 0 Å². The van der Waals surface area contributed by atoms with E-state index >= 15 is 0 Å². The molecule has 0 aromatic rings. The number of carboxylic acid groups (broad SMARTS) is 1. The Morgan fingerprint density at radius 2 is 1.94 bits per heavy atom. The lowest BCUT2D eigenvalue weighted by atomic mass is 10.0. The number of nitrogens with zero attached hydrogens (tertiary/aromatic N) is 1. The van der Waals surface area contributed by atoms with Crippen LogP contribution in [0, 0.1) is 11.3 Å². The molecule has 1 saturated heterocycles. The Morgan fingerprint density at radius 3 is 2.44 bits per heavy atom. The van der Waals surface area contributed by atoms with Gasteiger partial charge < -0.3 is 10.0 Å². The van der Waals surface area contributed by atoms with Crippen LogP contribution in [-0.4, -0.2) is 34.5 Å². The van der Waals surface area contributed by atoms with E-state index in [-0.39, 0.29) is 17.2 Å². The van der Waals surface area contributed by atoms with Crippen LogP contribution in [0.3, 0.4) is 0 Å². The van der Waals surface area contributed by atoms with Gasteiger partial charge in [-0.25, -0.2) is 4.79 Å². The standard InChI is InChI=1S/C12H19NO3/c1-12(2)7-8(12)10(14)13-6-4-3-5-9(13)11(15)16/h8-9H,3-7H2,1-2H3,(H,15,16)/t8-,9-/m1/s1. The molecule has 2 rings (SSSR count). The normalized spacial score (nSPS) is 32.2. The number of hydrogen-bond donors (Lipinski definition) is 1.